The molecule has 0 saturated carbocycles. The third-order valence-electron chi connectivity index (χ3n) is 6.56. The van der Waals surface area contributed by atoms with Crippen LogP contribution in [0.4, 0.5) is 0 Å². The van der Waals surface area contributed by atoms with Gasteiger partial charge in [0.15, 0.2) is 0 Å². The highest BCUT2D eigenvalue weighted by Crippen LogP contribution is 2.27. The molecule has 0 spiro atoms. The lowest BCUT2D eigenvalue weighted by Gasteiger charge is -2.30. The van der Waals surface area contributed by atoms with Gasteiger partial charge in [-0.3, -0.25) is 14.4 Å². The summed E-state index contributed by atoms with van der Waals surface area (Å²) >= 11 is 0. The van der Waals surface area contributed by atoms with E-state index in [0.717, 1.165) is 5.56 Å². The smallest absolute Gasteiger partial charge is 0.251 e. The molecule has 3 aromatic rings. The van der Waals surface area contributed by atoms with Crippen LogP contribution in [0.5, 0.6) is 5.75 Å². The van der Waals surface area contributed by atoms with E-state index in [1.54, 1.807) is 17.0 Å². The van der Waals surface area contributed by atoms with Crippen LogP contribution >= 0.6 is 0 Å². The Bertz CT molecular complexity index is 1240. The van der Waals surface area contributed by atoms with Crippen molar-refractivity contribution in [3.8, 4) is 5.75 Å². The van der Waals surface area contributed by atoms with E-state index in [4.69, 9.17) is 4.74 Å². The van der Waals surface area contributed by atoms with Crippen LogP contribution in [0.25, 0.3) is 11.0 Å². The lowest BCUT2D eigenvalue weighted by atomic mass is 10.1. The fraction of sp³-hybridized carbons (Fsp3) is 0.400. The first-order valence-electron chi connectivity index (χ1n) is 11.9. The number of nitrogens with zero attached hydrogens (tertiary/aromatic N) is 4. The van der Waals surface area contributed by atoms with Crippen molar-refractivity contribution in [1.82, 2.24) is 30.5 Å². The number of hydrogen-bond donors (Lipinski definition) is 2. The molecule has 1 saturated heterocycles. The molecule has 2 atom stereocenters. The van der Waals surface area contributed by atoms with Gasteiger partial charge in [0.2, 0.25) is 11.8 Å². The molecule has 0 aliphatic carbocycles. The summed E-state index contributed by atoms with van der Waals surface area (Å²) in [7, 11) is 0. The number of aryl methyl sites for hydroxylation is 1. The highest BCUT2D eigenvalue weighted by molar-refractivity contribution is 5.94. The number of aromatic nitrogens is 3. The van der Waals surface area contributed by atoms with Crippen LogP contribution in [0.3, 0.4) is 0 Å². The first-order valence-corrected chi connectivity index (χ1v) is 11.9. The lowest BCUT2D eigenvalue weighted by molar-refractivity contribution is -0.136. The van der Waals surface area contributed by atoms with Crippen molar-refractivity contribution >= 4 is 28.8 Å². The molecule has 10 heteroatoms. The normalized spacial score (nSPS) is 21.0. The first-order chi connectivity index (χ1) is 17.0. The fourth-order valence-electron chi connectivity index (χ4n) is 4.79. The number of ether oxygens (including phenoxy) is 1. The Kier molecular flexibility index (Phi) is 6.35. The van der Waals surface area contributed by atoms with Crippen molar-refractivity contribution in [2.45, 2.75) is 44.8 Å². The van der Waals surface area contributed by atoms with Crippen LogP contribution in [0, 0.1) is 6.92 Å². The van der Waals surface area contributed by atoms with Crippen LogP contribution in [-0.2, 0) is 16.1 Å². The van der Waals surface area contributed by atoms with E-state index >= 15 is 0 Å². The van der Waals surface area contributed by atoms with Gasteiger partial charge in [-0.15, -0.1) is 0 Å². The van der Waals surface area contributed by atoms with Gasteiger partial charge in [-0.2, -0.15) is 15.0 Å². The molecule has 1 fully saturated rings. The molecule has 5 rings (SSSR count). The molecule has 2 N–H and O–H groups in total. The third-order valence-corrected chi connectivity index (χ3v) is 6.56. The lowest BCUT2D eigenvalue weighted by Crippen LogP contribution is -2.49. The minimum Gasteiger partial charge on any atom is -0.491 e. The molecular weight excluding hydrogens is 448 g/mol. The number of carbonyl (C=O) groups excluding carboxylic acids is 3. The van der Waals surface area contributed by atoms with Gasteiger partial charge in [-0.05, 0) is 49.6 Å². The molecule has 0 unspecified atom stereocenters. The average molecular weight is 477 g/mol. The van der Waals surface area contributed by atoms with Gasteiger partial charge in [0.25, 0.3) is 5.91 Å². The summed E-state index contributed by atoms with van der Waals surface area (Å²) in [5.41, 5.74) is 2.83. The maximum Gasteiger partial charge on any atom is 0.251 e. The summed E-state index contributed by atoms with van der Waals surface area (Å²) in [5.74, 6) is 0.0727. The van der Waals surface area contributed by atoms with Crippen molar-refractivity contribution in [2.24, 2.45) is 0 Å². The van der Waals surface area contributed by atoms with Crippen LogP contribution < -0.4 is 15.4 Å². The Labute approximate surface area is 202 Å². The van der Waals surface area contributed by atoms with Crippen molar-refractivity contribution in [2.75, 3.05) is 19.7 Å². The quantitative estimate of drug-likeness (QED) is 0.578. The Hall–Kier alpha value is -3.95. The third kappa shape index (κ3) is 4.96. The van der Waals surface area contributed by atoms with Gasteiger partial charge < -0.3 is 20.3 Å². The molecule has 35 heavy (non-hydrogen) atoms. The van der Waals surface area contributed by atoms with E-state index in [0.29, 0.717) is 48.3 Å². The Morgan fingerprint density at radius 3 is 2.57 bits per heavy atom. The molecule has 4 bridgehead atoms. The Balaban J connectivity index is 1.37. The number of carbonyl (C=O) groups is 3. The Morgan fingerprint density at radius 1 is 1.06 bits per heavy atom. The largest absolute Gasteiger partial charge is 0.491 e. The standard InChI is InChI=1S/C25H28N6O4/c1-16-6-7-17-12-22(16)35-11-10-26-23(32)13-18-8-9-19(14-27-25(17)34)31(18)24(33)15-30-28-20-4-2-3-5-21(20)29-30/h2-7,12,18-19H,8-11,13-15H2,1H3,(H,26,32)(H,27,34)/t18-,19+/m0/s1. The van der Waals surface area contributed by atoms with Gasteiger partial charge in [-0.25, -0.2) is 0 Å². The SMILES string of the molecule is Cc1ccc2cc1OCCNC(=O)C[C@@H]1CC[C@H](CNC2=O)N1C(=O)Cn1nc2ccccc2n1. The molecule has 10 nitrogen and oxygen atoms in total. The summed E-state index contributed by atoms with van der Waals surface area (Å²) in [5, 5.41) is 14.6. The summed E-state index contributed by atoms with van der Waals surface area (Å²) in [6.45, 7) is 2.78. The minimum atomic E-state index is -0.260. The van der Waals surface area contributed by atoms with Crippen molar-refractivity contribution in [1.29, 1.82) is 0 Å². The number of amides is 3. The molecule has 2 aliphatic heterocycles. The second kappa shape index (κ2) is 9.73. The van der Waals surface area contributed by atoms with Gasteiger partial charge in [0, 0.05) is 30.6 Å². The fourth-order valence-corrected chi connectivity index (χ4v) is 4.79. The summed E-state index contributed by atoms with van der Waals surface area (Å²) in [6.07, 6.45) is 1.57. The molecule has 0 radical (unpaired) electrons. The highest BCUT2D eigenvalue weighted by atomic mass is 16.5. The number of fused-ring (bicyclic) bond motifs is 5. The second-order valence-electron chi connectivity index (χ2n) is 9.00. The van der Waals surface area contributed by atoms with Crippen LogP contribution in [0.2, 0.25) is 0 Å². The second-order valence-corrected chi connectivity index (χ2v) is 9.00. The topological polar surface area (TPSA) is 118 Å². The van der Waals surface area contributed by atoms with Crippen molar-refractivity contribution in [3.05, 3.63) is 53.6 Å². The number of hydrogen-bond acceptors (Lipinski definition) is 6. The summed E-state index contributed by atoms with van der Waals surface area (Å²) in [4.78, 5) is 42.1. The van der Waals surface area contributed by atoms with E-state index < -0.39 is 0 Å². The zero-order valence-electron chi connectivity index (χ0n) is 19.6. The molecule has 3 amide bonds. The van der Waals surface area contributed by atoms with Crippen molar-refractivity contribution < 1.29 is 19.1 Å². The number of benzene rings is 2. The van der Waals surface area contributed by atoms with E-state index in [9.17, 15) is 14.4 Å². The monoisotopic (exact) mass is 476 g/mol. The van der Waals surface area contributed by atoms with Gasteiger partial charge in [0.05, 0.1) is 6.54 Å². The van der Waals surface area contributed by atoms with E-state index in [1.807, 2.05) is 37.3 Å². The van der Waals surface area contributed by atoms with Gasteiger partial charge in [0.1, 0.15) is 29.9 Å². The van der Waals surface area contributed by atoms with Gasteiger partial charge >= 0.3 is 0 Å². The van der Waals surface area contributed by atoms with Crippen LogP contribution in [-0.4, -0.2) is 69.4 Å². The number of nitrogens with one attached hydrogen (secondary N) is 2. The predicted octanol–water partition coefficient (Wildman–Crippen LogP) is 1.43. The van der Waals surface area contributed by atoms with E-state index in [1.165, 1.54) is 4.80 Å². The predicted molar refractivity (Wildman–Crippen MR) is 128 cm³/mol. The minimum absolute atomic E-state index is 0.0353. The molecule has 3 heterocycles. The number of rotatable bonds is 2. The first kappa shape index (κ1) is 22.8. The molecule has 182 valence electrons. The van der Waals surface area contributed by atoms with Crippen molar-refractivity contribution in [3.63, 3.8) is 0 Å². The zero-order chi connectivity index (χ0) is 24.4. The van der Waals surface area contributed by atoms with Crippen LogP contribution in [0.15, 0.2) is 42.5 Å². The highest BCUT2D eigenvalue weighted by Gasteiger charge is 2.38. The molecule has 1 aromatic heterocycles. The average Bonchev–Trinajstić information content (AvgIpc) is 3.43. The maximum absolute atomic E-state index is 13.4. The van der Waals surface area contributed by atoms with E-state index in [2.05, 4.69) is 20.8 Å². The summed E-state index contributed by atoms with van der Waals surface area (Å²) in [6, 6.07) is 12.3. The molecule has 2 aromatic carbocycles. The van der Waals surface area contributed by atoms with Gasteiger partial charge in [-0.1, -0.05) is 18.2 Å². The molecule has 2 aliphatic rings. The zero-order valence-corrected chi connectivity index (χ0v) is 19.6. The molecular formula is C25H28N6O4. The summed E-state index contributed by atoms with van der Waals surface area (Å²) < 4.78 is 5.79. The van der Waals surface area contributed by atoms with Crippen LogP contribution in [0.1, 0.15) is 35.2 Å². The van der Waals surface area contributed by atoms with E-state index in [-0.39, 0.29) is 49.4 Å². The maximum atomic E-state index is 13.4. The Morgan fingerprint density at radius 2 is 1.80 bits per heavy atom.